The lowest BCUT2D eigenvalue weighted by Crippen LogP contribution is -2.60. The third-order valence-electron chi connectivity index (χ3n) is 17.9. The van der Waals surface area contributed by atoms with Crippen molar-refractivity contribution in [1.29, 1.82) is 0 Å². The first-order valence-corrected chi connectivity index (χ1v) is 27.1. The highest BCUT2D eigenvalue weighted by Crippen LogP contribution is 2.68. The van der Waals surface area contributed by atoms with Crippen molar-refractivity contribution < 1.29 is 0 Å². The van der Waals surface area contributed by atoms with Crippen LogP contribution in [0.15, 0.2) is 224 Å². The molecule has 3 heterocycles. The highest BCUT2D eigenvalue weighted by Gasteiger charge is 2.58. The van der Waals surface area contributed by atoms with Gasteiger partial charge in [-0.3, -0.25) is 0 Å². The molecule has 6 aliphatic rings. The van der Waals surface area contributed by atoms with Gasteiger partial charge in [0.15, 0.2) is 0 Å². The first-order valence-electron chi connectivity index (χ1n) is 26.3. The molecule has 10 aromatic carbocycles. The van der Waals surface area contributed by atoms with Crippen LogP contribution >= 0.6 is 11.3 Å². The summed E-state index contributed by atoms with van der Waals surface area (Å²) in [7, 11) is 0. The van der Waals surface area contributed by atoms with Crippen molar-refractivity contribution in [3.8, 4) is 44.5 Å². The van der Waals surface area contributed by atoms with Crippen molar-refractivity contribution in [3.63, 3.8) is 0 Å². The van der Waals surface area contributed by atoms with Crippen LogP contribution < -0.4 is 25.5 Å². The van der Waals surface area contributed by atoms with Gasteiger partial charge in [0.1, 0.15) is 0 Å². The average molecular weight is 959 g/mol. The van der Waals surface area contributed by atoms with Gasteiger partial charge >= 0.3 is 0 Å². The number of aryl methyl sites for hydroxylation is 1. The number of hydrogen-bond acceptors (Lipinski definition) is 3. The number of para-hydroxylation sites is 1. The van der Waals surface area contributed by atoms with Crippen LogP contribution in [-0.2, 0) is 10.8 Å². The standard InChI is InChI=1S/C70H47BN2S/c1-41(2)43-34-37-51-58(38-43)70(56-28-15-9-22-48(56)49-23-10-16-29-57(49)70)67-64(51)66-68(74-67)71-60-39-52-50-24-11-14-27-55(50)69(53-25-12-7-20-46(53)47-21-8-13-26-54(47)69)59(52)40-63(60)72(44-18-5-4-6-19-44)61-30-17-31-62(65(61)71)73(66)45-35-32-42(3)33-36-45/h4-41H,1-3H3. The number of fused-ring (bicyclic) bond motifs is 25. The molecular formula is C70H47BN2S. The molecule has 2 nitrogen and oxygen atoms in total. The maximum atomic E-state index is 2.66. The number of anilines is 6. The van der Waals surface area contributed by atoms with Crippen LogP contribution in [0.2, 0.25) is 0 Å². The predicted octanol–water partition coefficient (Wildman–Crippen LogP) is 15.9. The van der Waals surface area contributed by atoms with E-state index in [9.17, 15) is 0 Å². The van der Waals surface area contributed by atoms with Crippen LogP contribution in [0, 0.1) is 6.92 Å². The summed E-state index contributed by atoms with van der Waals surface area (Å²) in [6.45, 7) is 6.83. The summed E-state index contributed by atoms with van der Waals surface area (Å²) in [5.41, 5.74) is 32.0. The molecule has 4 heteroatoms. The second-order valence-corrected chi connectivity index (χ2v) is 22.7. The Bertz CT molecular complexity index is 4180. The van der Waals surface area contributed by atoms with Gasteiger partial charge in [0.25, 0.3) is 6.71 Å². The van der Waals surface area contributed by atoms with E-state index in [0.717, 1.165) is 5.69 Å². The zero-order chi connectivity index (χ0) is 48.8. The molecule has 1 aromatic heterocycles. The summed E-state index contributed by atoms with van der Waals surface area (Å²) >= 11 is 2.08. The average Bonchev–Trinajstić information content (AvgIpc) is 4.33. The summed E-state index contributed by atoms with van der Waals surface area (Å²) in [5.74, 6) is 0.384. The largest absolute Gasteiger partial charge is 0.311 e. The number of hydrogen-bond donors (Lipinski definition) is 0. The first-order chi connectivity index (χ1) is 36.5. The van der Waals surface area contributed by atoms with Crippen LogP contribution in [-0.4, -0.2) is 6.71 Å². The number of benzene rings is 10. The Kier molecular flexibility index (Phi) is 8.00. The zero-order valence-corrected chi connectivity index (χ0v) is 42.1. The van der Waals surface area contributed by atoms with E-state index in [4.69, 9.17) is 0 Å². The summed E-state index contributed by atoms with van der Waals surface area (Å²) in [6.07, 6.45) is 0. The monoisotopic (exact) mass is 958 g/mol. The van der Waals surface area contributed by atoms with E-state index >= 15 is 0 Å². The van der Waals surface area contributed by atoms with Gasteiger partial charge in [-0.05, 0) is 150 Å². The van der Waals surface area contributed by atoms with Crippen molar-refractivity contribution >= 4 is 67.9 Å². The molecular weight excluding hydrogens is 912 g/mol. The minimum absolute atomic E-state index is 0.0528. The predicted molar refractivity (Wildman–Crippen MR) is 310 cm³/mol. The van der Waals surface area contributed by atoms with Gasteiger partial charge in [0.05, 0.1) is 16.5 Å². The lowest BCUT2D eigenvalue weighted by atomic mass is 9.36. The molecule has 0 amide bonds. The summed E-state index contributed by atoms with van der Waals surface area (Å²) in [5, 5.41) is 0. The quantitative estimate of drug-likeness (QED) is 0.163. The van der Waals surface area contributed by atoms with Crippen LogP contribution in [0.1, 0.15) is 74.7 Å². The Hall–Kier alpha value is -8.44. The first kappa shape index (κ1) is 41.1. The minimum Gasteiger partial charge on any atom is -0.311 e. The maximum Gasteiger partial charge on any atom is 0.264 e. The second kappa shape index (κ2) is 14.4. The highest BCUT2D eigenvalue weighted by atomic mass is 32.1. The molecule has 2 aliphatic heterocycles. The smallest absolute Gasteiger partial charge is 0.264 e. The van der Waals surface area contributed by atoms with Gasteiger partial charge in [-0.1, -0.05) is 201 Å². The van der Waals surface area contributed by atoms with Crippen molar-refractivity contribution in [2.24, 2.45) is 0 Å². The van der Waals surface area contributed by atoms with Crippen LogP contribution in [0.25, 0.3) is 44.5 Å². The van der Waals surface area contributed by atoms with Crippen molar-refractivity contribution in [2.45, 2.75) is 37.5 Å². The van der Waals surface area contributed by atoms with Gasteiger partial charge in [-0.2, -0.15) is 0 Å². The van der Waals surface area contributed by atoms with E-state index in [1.807, 2.05) is 0 Å². The Morgan fingerprint density at radius 2 is 0.905 bits per heavy atom. The lowest BCUT2D eigenvalue weighted by molar-refractivity contribution is 0.794. The topological polar surface area (TPSA) is 6.48 Å². The molecule has 0 saturated carbocycles. The Morgan fingerprint density at radius 1 is 0.405 bits per heavy atom. The zero-order valence-electron chi connectivity index (χ0n) is 41.3. The molecule has 346 valence electrons. The Labute approximate surface area is 436 Å². The molecule has 0 unspecified atom stereocenters. The lowest BCUT2D eigenvalue weighted by Gasteiger charge is -2.44. The number of rotatable bonds is 3. The fourth-order valence-corrected chi connectivity index (χ4v) is 16.7. The number of nitrogens with zero attached hydrogens (tertiary/aromatic N) is 2. The molecule has 2 spiro atoms. The molecule has 4 aliphatic carbocycles. The molecule has 74 heavy (non-hydrogen) atoms. The normalized spacial score (nSPS) is 15.2. The van der Waals surface area contributed by atoms with E-state index in [1.54, 1.807) is 0 Å². The molecule has 0 bridgehead atoms. The van der Waals surface area contributed by atoms with Crippen LogP contribution in [0.3, 0.4) is 0 Å². The van der Waals surface area contributed by atoms with Crippen molar-refractivity contribution in [1.82, 2.24) is 0 Å². The minimum atomic E-state index is -0.487. The number of thiophene rings is 1. The fourth-order valence-electron chi connectivity index (χ4n) is 15.0. The van der Waals surface area contributed by atoms with Crippen molar-refractivity contribution in [3.05, 3.63) is 279 Å². The van der Waals surface area contributed by atoms with E-state index in [2.05, 4.69) is 266 Å². The molecule has 0 saturated heterocycles. The van der Waals surface area contributed by atoms with Gasteiger partial charge in [0, 0.05) is 43.7 Å². The summed E-state index contributed by atoms with van der Waals surface area (Å²) in [6, 6.07) is 86.6. The van der Waals surface area contributed by atoms with Crippen LogP contribution in [0.4, 0.5) is 34.1 Å². The van der Waals surface area contributed by atoms with E-state index < -0.39 is 10.8 Å². The molecule has 17 rings (SSSR count). The van der Waals surface area contributed by atoms with Gasteiger partial charge in [-0.15, -0.1) is 11.3 Å². The van der Waals surface area contributed by atoms with Gasteiger partial charge in [-0.25, -0.2) is 0 Å². The molecule has 0 radical (unpaired) electrons. The van der Waals surface area contributed by atoms with Crippen LogP contribution in [0.5, 0.6) is 0 Å². The second-order valence-electron chi connectivity index (χ2n) is 21.6. The summed E-state index contributed by atoms with van der Waals surface area (Å²) < 4.78 is 1.40. The third kappa shape index (κ3) is 4.80. The third-order valence-corrected chi connectivity index (χ3v) is 19.3. The molecule has 11 aromatic rings. The SMILES string of the molecule is Cc1ccc(N2c3cccc4c3B(c3cc5c(cc3N4c3ccccc3)C3(c4ccccc4-c4ccccc43)c3ccccc3-5)c3sc4c(c32)-c2ccc(C(C)C)cc2C42c3ccccc3-c3ccccc32)cc1. The highest BCUT2D eigenvalue weighted by molar-refractivity contribution is 7.30. The molecule has 0 N–H and O–H groups in total. The van der Waals surface area contributed by atoms with E-state index in [0.29, 0.717) is 5.92 Å². The summed E-state index contributed by atoms with van der Waals surface area (Å²) in [4.78, 5) is 6.68. The fraction of sp³-hybridized carbons (Fsp3) is 0.0857. The van der Waals surface area contributed by atoms with Crippen molar-refractivity contribution in [2.75, 3.05) is 9.80 Å². The Balaban J connectivity index is 1.02. The molecule has 0 atom stereocenters. The maximum absolute atomic E-state index is 2.66. The van der Waals surface area contributed by atoms with Gasteiger partial charge < -0.3 is 9.80 Å². The Morgan fingerprint density at radius 3 is 1.49 bits per heavy atom. The van der Waals surface area contributed by atoms with E-state index in [1.165, 1.54) is 144 Å². The van der Waals surface area contributed by atoms with Gasteiger partial charge in [0.2, 0.25) is 0 Å². The van der Waals surface area contributed by atoms with E-state index in [-0.39, 0.29) is 6.71 Å². The molecule has 0 fully saturated rings.